The van der Waals surface area contributed by atoms with Crippen LogP contribution in [0.15, 0.2) is 82.9 Å². The predicted molar refractivity (Wildman–Crippen MR) is 146 cm³/mol. The van der Waals surface area contributed by atoms with Gasteiger partial charge in [-0.1, -0.05) is 60.2 Å². The van der Waals surface area contributed by atoms with E-state index in [1.54, 1.807) is 56.6 Å². The summed E-state index contributed by atoms with van der Waals surface area (Å²) in [5.41, 5.74) is 1.84. The highest BCUT2D eigenvalue weighted by atomic mass is 35.5. The Morgan fingerprint density at radius 3 is 2.31 bits per heavy atom. The number of hydrogen-bond acceptors (Lipinski definition) is 5. The van der Waals surface area contributed by atoms with Gasteiger partial charge in [-0.25, -0.2) is 4.79 Å². The van der Waals surface area contributed by atoms with Crippen LogP contribution in [0.1, 0.15) is 29.8 Å². The molecule has 0 bridgehead atoms. The van der Waals surface area contributed by atoms with Crippen LogP contribution in [0.2, 0.25) is 0 Å². The predicted octanol–water partition coefficient (Wildman–Crippen LogP) is 4.55. The van der Waals surface area contributed by atoms with Gasteiger partial charge in [0.25, 0.3) is 11.8 Å². The molecule has 1 aromatic rings. The number of urea groups is 1. The summed E-state index contributed by atoms with van der Waals surface area (Å²) < 4.78 is 5.05. The molecule has 9 heteroatoms. The lowest BCUT2D eigenvalue weighted by molar-refractivity contribution is -0.119. The summed E-state index contributed by atoms with van der Waals surface area (Å²) >= 11 is 5.84. The van der Waals surface area contributed by atoms with E-state index in [2.05, 4.69) is 15.6 Å². The van der Waals surface area contributed by atoms with Crippen molar-refractivity contribution in [3.63, 3.8) is 0 Å². The first-order valence-corrected chi connectivity index (χ1v) is 11.6. The van der Waals surface area contributed by atoms with Crippen molar-refractivity contribution in [1.82, 2.24) is 15.5 Å². The number of benzene rings is 1. The minimum absolute atomic E-state index is 0.0777. The molecule has 0 aromatic heterocycles. The number of ether oxygens (including phenoxy) is 1. The lowest BCUT2D eigenvalue weighted by Crippen LogP contribution is -2.29. The van der Waals surface area contributed by atoms with E-state index in [-0.39, 0.29) is 10.9 Å². The molecular formula is C27H33ClN4O4. The van der Waals surface area contributed by atoms with Gasteiger partial charge in [0, 0.05) is 32.4 Å². The third kappa shape index (κ3) is 10.1. The molecular weight excluding hydrogens is 480 g/mol. The van der Waals surface area contributed by atoms with Crippen LogP contribution in [0, 0.1) is 0 Å². The highest BCUT2D eigenvalue weighted by molar-refractivity contribution is 6.33. The zero-order valence-corrected chi connectivity index (χ0v) is 22.0. The fraction of sp³-hybridized carbons (Fsp3) is 0.259. The van der Waals surface area contributed by atoms with Crippen molar-refractivity contribution in [2.45, 2.75) is 26.4 Å². The first-order valence-electron chi connectivity index (χ1n) is 11.2. The van der Waals surface area contributed by atoms with Crippen molar-refractivity contribution in [2.75, 3.05) is 21.2 Å². The summed E-state index contributed by atoms with van der Waals surface area (Å²) in [4.78, 5) is 38.9. The van der Waals surface area contributed by atoms with Crippen molar-refractivity contribution < 1.29 is 19.1 Å². The van der Waals surface area contributed by atoms with Gasteiger partial charge < -0.3 is 15.0 Å². The molecule has 2 N–H and O–H groups in total. The van der Waals surface area contributed by atoms with Crippen molar-refractivity contribution >= 4 is 35.7 Å². The Labute approximate surface area is 217 Å². The highest BCUT2D eigenvalue weighted by Gasteiger charge is 2.31. The zero-order chi connectivity index (χ0) is 26.9. The maximum absolute atomic E-state index is 11.5. The number of rotatable bonds is 6. The lowest BCUT2D eigenvalue weighted by atomic mass is 10.1. The second-order valence-corrected chi connectivity index (χ2v) is 7.80. The molecule has 2 aliphatic rings. The Bertz CT molecular complexity index is 1070. The van der Waals surface area contributed by atoms with Crippen LogP contribution in [0.5, 0.6) is 5.75 Å². The first-order chi connectivity index (χ1) is 17.3. The number of nitrogens with one attached hydrogen (secondary N) is 2. The summed E-state index contributed by atoms with van der Waals surface area (Å²) in [6.07, 6.45) is 18.2. The van der Waals surface area contributed by atoms with Gasteiger partial charge in [-0.3, -0.25) is 19.9 Å². The number of carbonyl (C=O) groups excluding carboxylic acids is 3. The van der Waals surface area contributed by atoms with Crippen molar-refractivity contribution in [1.29, 1.82) is 0 Å². The number of aliphatic imine (C=N–C) groups is 1. The molecule has 2 aliphatic heterocycles. The van der Waals surface area contributed by atoms with Gasteiger partial charge in [0.05, 0.1) is 12.1 Å². The summed E-state index contributed by atoms with van der Waals surface area (Å²) in [5, 5.41) is 4.77. The summed E-state index contributed by atoms with van der Waals surface area (Å²) in [7, 11) is 5.15. The Hall–Kier alpha value is -3.91. The van der Waals surface area contributed by atoms with Crippen molar-refractivity contribution in [3.05, 3.63) is 89.0 Å². The third-order valence-electron chi connectivity index (χ3n) is 4.67. The van der Waals surface area contributed by atoms with E-state index in [4.69, 9.17) is 16.3 Å². The second-order valence-electron chi connectivity index (χ2n) is 7.36. The van der Waals surface area contributed by atoms with Gasteiger partial charge in [-0.15, -0.1) is 0 Å². The molecule has 0 saturated carbocycles. The molecule has 1 atom stereocenters. The van der Waals surface area contributed by atoms with E-state index in [1.165, 1.54) is 0 Å². The van der Waals surface area contributed by atoms with E-state index in [0.29, 0.717) is 6.54 Å². The molecule has 0 aliphatic carbocycles. The maximum atomic E-state index is 11.5. The fourth-order valence-corrected chi connectivity index (χ4v) is 3.12. The van der Waals surface area contributed by atoms with Gasteiger partial charge in [-0.05, 0) is 43.7 Å². The SMILES string of the molecule is C/C=C\C=C/C=NC.COc1ccc2c(c1)C(=O)N(C)C2.C\C=C/C=C/C=C(\Cl)C1NC(=O)NC1=O. The van der Waals surface area contributed by atoms with E-state index >= 15 is 0 Å². The third-order valence-corrected chi connectivity index (χ3v) is 5.02. The van der Waals surface area contributed by atoms with E-state index in [1.807, 2.05) is 62.4 Å². The summed E-state index contributed by atoms with van der Waals surface area (Å²) in [6.45, 7) is 4.58. The van der Waals surface area contributed by atoms with Crippen LogP contribution in [-0.4, -0.2) is 56.2 Å². The number of halogens is 1. The molecule has 8 nitrogen and oxygen atoms in total. The molecule has 192 valence electrons. The Morgan fingerprint density at radius 2 is 1.75 bits per heavy atom. The molecule has 1 fully saturated rings. The monoisotopic (exact) mass is 512 g/mol. The number of nitrogens with zero attached hydrogens (tertiary/aromatic N) is 2. The van der Waals surface area contributed by atoms with Gasteiger partial charge >= 0.3 is 6.03 Å². The van der Waals surface area contributed by atoms with Crippen LogP contribution in [0.4, 0.5) is 4.79 Å². The van der Waals surface area contributed by atoms with Crippen LogP contribution in [0.25, 0.3) is 0 Å². The number of allylic oxidation sites excluding steroid dienone is 9. The normalized spacial score (nSPS) is 17.5. The number of fused-ring (bicyclic) bond motifs is 1. The van der Waals surface area contributed by atoms with Gasteiger partial charge in [0.1, 0.15) is 11.8 Å². The fourth-order valence-electron chi connectivity index (χ4n) is 2.89. The smallest absolute Gasteiger partial charge is 0.322 e. The molecule has 36 heavy (non-hydrogen) atoms. The Kier molecular flexibility index (Phi) is 13.9. The lowest BCUT2D eigenvalue weighted by Gasteiger charge is -2.04. The van der Waals surface area contributed by atoms with Crippen LogP contribution in [-0.2, 0) is 11.3 Å². The Balaban J connectivity index is 0.000000283. The average molecular weight is 513 g/mol. The molecule has 3 rings (SSSR count). The quantitative estimate of drug-likeness (QED) is 0.332. The van der Waals surface area contributed by atoms with Gasteiger partial charge in [0.15, 0.2) is 0 Å². The molecule has 1 aromatic carbocycles. The van der Waals surface area contributed by atoms with E-state index in [0.717, 1.165) is 16.9 Å². The van der Waals surface area contributed by atoms with Crippen LogP contribution in [0.3, 0.4) is 0 Å². The number of imide groups is 1. The van der Waals surface area contributed by atoms with Crippen molar-refractivity contribution in [2.24, 2.45) is 4.99 Å². The summed E-state index contributed by atoms with van der Waals surface area (Å²) in [5.74, 6) is 0.386. The van der Waals surface area contributed by atoms with Crippen LogP contribution >= 0.6 is 11.6 Å². The van der Waals surface area contributed by atoms with Crippen LogP contribution < -0.4 is 15.4 Å². The van der Waals surface area contributed by atoms with Crippen molar-refractivity contribution in [3.8, 4) is 5.75 Å². The molecule has 0 radical (unpaired) electrons. The first kappa shape index (κ1) is 30.1. The minimum Gasteiger partial charge on any atom is -0.497 e. The second kappa shape index (κ2) is 16.7. The molecule has 1 unspecified atom stereocenters. The van der Waals surface area contributed by atoms with Gasteiger partial charge in [0.2, 0.25) is 0 Å². The number of amides is 4. The number of carbonyl (C=O) groups is 3. The topological polar surface area (TPSA) is 100 Å². The largest absolute Gasteiger partial charge is 0.497 e. The molecule has 2 heterocycles. The summed E-state index contributed by atoms with van der Waals surface area (Å²) in [6, 6.07) is 4.32. The molecule has 4 amide bonds. The highest BCUT2D eigenvalue weighted by Crippen LogP contribution is 2.25. The number of hydrogen-bond donors (Lipinski definition) is 2. The Morgan fingerprint density at radius 1 is 1.08 bits per heavy atom. The maximum Gasteiger partial charge on any atom is 0.322 e. The standard InChI is InChI=1S/C10H11ClN2O2.C10H11NO2.C7H11N/c1-2-3-4-5-6-7(11)8-9(14)13-10(15)12-8;1-11-6-7-3-4-8(13-2)5-9(7)10(11)12;1-3-4-5-6-7-8-2/h2-6,8H,1H3,(H2,12,13,14,15);3-5H,6H2,1-2H3;3-7H,1-2H3/b3-2-,5-4+,7-6-;;4-3-,6-5-,8-7?. The molecule has 1 saturated heterocycles. The number of methoxy groups -OCH3 is 1. The van der Waals surface area contributed by atoms with Gasteiger partial charge in [-0.2, -0.15) is 0 Å². The average Bonchev–Trinajstić information content (AvgIpc) is 3.36. The minimum atomic E-state index is -0.769. The van der Waals surface area contributed by atoms with E-state index < -0.39 is 18.0 Å². The molecule has 0 spiro atoms. The zero-order valence-electron chi connectivity index (χ0n) is 21.2. The van der Waals surface area contributed by atoms with E-state index in [9.17, 15) is 14.4 Å².